The van der Waals surface area contributed by atoms with Crippen molar-refractivity contribution in [1.82, 2.24) is 0 Å². The van der Waals surface area contributed by atoms with E-state index in [0.717, 1.165) is 40.7 Å². The maximum Gasteiger partial charge on any atom is 0.122 e. The molecule has 2 heterocycles. The average Bonchev–Trinajstić information content (AvgIpc) is 2.83. The SMILES string of the molecule is Clc1ccsc1C(Cl)c1ccc2c(c1)CCCO2. The lowest BCUT2D eigenvalue weighted by Gasteiger charge is -2.19. The number of ether oxygens (including phenoxy) is 1. The molecule has 94 valence electrons. The quantitative estimate of drug-likeness (QED) is 0.705. The van der Waals surface area contributed by atoms with Crippen LogP contribution in [0, 0.1) is 0 Å². The normalized spacial score (nSPS) is 15.9. The fraction of sp³-hybridized carbons (Fsp3) is 0.286. The van der Waals surface area contributed by atoms with Crippen LogP contribution < -0.4 is 4.74 Å². The first-order chi connectivity index (χ1) is 8.75. The van der Waals surface area contributed by atoms with E-state index in [1.54, 1.807) is 11.3 Å². The second kappa shape index (κ2) is 5.12. The van der Waals surface area contributed by atoms with Crippen molar-refractivity contribution in [3.8, 4) is 5.75 Å². The number of aryl methyl sites for hydroxylation is 1. The minimum atomic E-state index is -0.176. The highest BCUT2D eigenvalue weighted by molar-refractivity contribution is 7.11. The molecule has 0 bridgehead atoms. The molecule has 0 saturated heterocycles. The molecule has 0 amide bonds. The van der Waals surface area contributed by atoms with Crippen LogP contribution in [0.3, 0.4) is 0 Å². The van der Waals surface area contributed by atoms with E-state index >= 15 is 0 Å². The van der Waals surface area contributed by atoms with Crippen LogP contribution >= 0.6 is 34.5 Å². The van der Waals surface area contributed by atoms with Crippen molar-refractivity contribution in [2.75, 3.05) is 6.61 Å². The maximum absolute atomic E-state index is 6.51. The number of alkyl halides is 1. The maximum atomic E-state index is 6.51. The first-order valence-electron chi connectivity index (χ1n) is 5.88. The molecule has 1 nitrogen and oxygen atoms in total. The molecule has 2 aromatic rings. The van der Waals surface area contributed by atoms with Gasteiger partial charge in [-0.25, -0.2) is 0 Å². The molecule has 1 aromatic carbocycles. The molecule has 1 atom stereocenters. The second-order valence-corrected chi connectivity index (χ2v) is 6.11. The van der Waals surface area contributed by atoms with Crippen LogP contribution in [0.2, 0.25) is 5.02 Å². The van der Waals surface area contributed by atoms with Gasteiger partial charge in [0, 0.05) is 4.88 Å². The summed E-state index contributed by atoms with van der Waals surface area (Å²) >= 11 is 14.2. The molecule has 0 spiro atoms. The van der Waals surface area contributed by atoms with Gasteiger partial charge in [-0.2, -0.15) is 0 Å². The van der Waals surface area contributed by atoms with Crippen LogP contribution in [-0.2, 0) is 6.42 Å². The molecule has 1 aliphatic rings. The first-order valence-corrected chi connectivity index (χ1v) is 7.57. The number of fused-ring (bicyclic) bond motifs is 1. The molecule has 1 aromatic heterocycles. The summed E-state index contributed by atoms with van der Waals surface area (Å²) in [5, 5.41) is 2.54. The lowest BCUT2D eigenvalue weighted by Crippen LogP contribution is -2.08. The van der Waals surface area contributed by atoms with Crippen molar-refractivity contribution in [2.45, 2.75) is 18.2 Å². The summed E-state index contributed by atoms with van der Waals surface area (Å²) in [5.41, 5.74) is 2.34. The largest absolute Gasteiger partial charge is 0.493 e. The summed E-state index contributed by atoms with van der Waals surface area (Å²) in [4.78, 5) is 1.01. The Morgan fingerprint density at radius 3 is 2.94 bits per heavy atom. The molecule has 0 aliphatic carbocycles. The molecule has 0 N–H and O–H groups in total. The molecular weight excluding hydrogens is 287 g/mol. The zero-order valence-corrected chi connectivity index (χ0v) is 12.0. The summed E-state index contributed by atoms with van der Waals surface area (Å²) in [6.07, 6.45) is 2.13. The number of thiophene rings is 1. The third-order valence-corrected chi connectivity index (χ3v) is 5.12. The van der Waals surface area contributed by atoms with E-state index in [4.69, 9.17) is 27.9 Å². The van der Waals surface area contributed by atoms with E-state index < -0.39 is 0 Å². The van der Waals surface area contributed by atoms with Gasteiger partial charge in [-0.1, -0.05) is 23.7 Å². The van der Waals surface area contributed by atoms with Gasteiger partial charge in [-0.05, 0) is 41.5 Å². The second-order valence-electron chi connectivity index (χ2n) is 4.31. The number of benzene rings is 1. The molecule has 1 aliphatic heterocycles. The van der Waals surface area contributed by atoms with Crippen LogP contribution in [0.5, 0.6) is 5.75 Å². The van der Waals surface area contributed by atoms with Crippen LogP contribution in [0.15, 0.2) is 29.6 Å². The number of hydrogen-bond donors (Lipinski definition) is 0. The highest BCUT2D eigenvalue weighted by Gasteiger charge is 2.18. The molecule has 0 radical (unpaired) electrons. The standard InChI is InChI=1S/C14H12Cl2OS/c15-11-5-7-18-14(11)13(16)10-3-4-12-9(8-10)2-1-6-17-12/h3-5,7-8,13H,1-2,6H2. The summed E-state index contributed by atoms with van der Waals surface area (Å²) in [6.45, 7) is 0.813. The Hall–Kier alpha value is -0.700. The topological polar surface area (TPSA) is 9.23 Å². The highest BCUT2D eigenvalue weighted by atomic mass is 35.5. The smallest absolute Gasteiger partial charge is 0.122 e. The van der Waals surface area contributed by atoms with E-state index in [2.05, 4.69) is 6.07 Å². The molecule has 18 heavy (non-hydrogen) atoms. The molecule has 0 fully saturated rings. The van der Waals surface area contributed by atoms with Gasteiger partial charge >= 0.3 is 0 Å². The highest BCUT2D eigenvalue weighted by Crippen LogP contribution is 2.39. The minimum absolute atomic E-state index is 0.176. The van der Waals surface area contributed by atoms with Crippen LogP contribution in [0.4, 0.5) is 0 Å². The van der Waals surface area contributed by atoms with Crippen molar-refractivity contribution in [1.29, 1.82) is 0 Å². The van der Waals surface area contributed by atoms with Gasteiger partial charge in [0.1, 0.15) is 5.75 Å². The summed E-state index contributed by atoms with van der Waals surface area (Å²) in [5.74, 6) is 0.992. The zero-order chi connectivity index (χ0) is 12.5. The Kier molecular flexibility index (Phi) is 3.51. The van der Waals surface area contributed by atoms with Gasteiger partial charge in [-0.15, -0.1) is 22.9 Å². The van der Waals surface area contributed by atoms with E-state index in [9.17, 15) is 0 Å². The summed E-state index contributed by atoms with van der Waals surface area (Å²) in [7, 11) is 0. The molecular formula is C14H12Cl2OS. The number of halogens is 2. The van der Waals surface area contributed by atoms with Gasteiger partial charge in [0.15, 0.2) is 0 Å². The number of hydrogen-bond acceptors (Lipinski definition) is 2. The fourth-order valence-corrected chi connectivity index (χ4v) is 3.81. The Balaban J connectivity index is 1.95. The van der Waals surface area contributed by atoms with Crippen molar-refractivity contribution >= 4 is 34.5 Å². The van der Waals surface area contributed by atoms with Crippen molar-refractivity contribution in [2.24, 2.45) is 0 Å². The van der Waals surface area contributed by atoms with Crippen molar-refractivity contribution in [3.63, 3.8) is 0 Å². The van der Waals surface area contributed by atoms with E-state index in [-0.39, 0.29) is 5.38 Å². The monoisotopic (exact) mass is 298 g/mol. The molecule has 0 saturated carbocycles. The Labute approximate surface area is 120 Å². The Bertz CT molecular complexity index is 565. The molecule has 3 rings (SSSR count). The summed E-state index contributed by atoms with van der Waals surface area (Å²) in [6, 6.07) is 8.07. The predicted octanol–water partition coefficient (Wildman–Crippen LogP) is 5.05. The van der Waals surface area contributed by atoms with Crippen LogP contribution in [0.1, 0.15) is 27.8 Å². The average molecular weight is 299 g/mol. The van der Waals surface area contributed by atoms with Crippen molar-refractivity contribution < 1.29 is 4.74 Å². The predicted molar refractivity (Wildman–Crippen MR) is 77.3 cm³/mol. The van der Waals surface area contributed by atoms with E-state index in [0.29, 0.717) is 0 Å². The third kappa shape index (κ3) is 2.25. The fourth-order valence-electron chi connectivity index (χ4n) is 2.18. The van der Waals surface area contributed by atoms with Crippen molar-refractivity contribution in [3.05, 3.63) is 50.7 Å². The van der Waals surface area contributed by atoms with Gasteiger partial charge in [0.05, 0.1) is 17.0 Å². The minimum Gasteiger partial charge on any atom is -0.493 e. The third-order valence-electron chi connectivity index (χ3n) is 3.10. The van der Waals surface area contributed by atoms with Gasteiger partial charge < -0.3 is 4.74 Å². The Morgan fingerprint density at radius 1 is 1.28 bits per heavy atom. The van der Waals surface area contributed by atoms with E-state index in [1.807, 2.05) is 23.6 Å². The summed E-state index contributed by atoms with van der Waals surface area (Å²) < 4.78 is 5.61. The van der Waals surface area contributed by atoms with Gasteiger partial charge in [0.25, 0.3) is 0 Å². The number of rotatable bonds is 2. The molecule has 4 heteroatoms. The van der Waals surface area contributed by atoms with Gasteiger partial charge in [0.2, 0.25) is 0 Å². The lowest BCUT2D eigenvalue weighted by atomic mass is 10.0. The lowest BCUT2D eigenvalue weighted by molar-refractivity contribution is 0.288. The first kappa shape index (κ1) is 12.3. The van der Waals surface area contributed by atoms with Crippen LogP contribution in [0.25, 0.3) is 0 Å². The van der Waals surface area contributed by atoms with Gasteiger partial charge in [-0.3, -0.25) is 0 Å². The Morgan fingerprint density at radius 2 is 2.17 bits per heavy atom. The zero-order valence-electron chi connectivity index (χ0n) is 9.66. The molecule has 1 unspecified atom stereocenters. The van der Waals surface area contributed by atoms with E-state index in [1.165, 1.54) is 5.56 Å². The van der Waals surface area contributed by atoms with Crippen LogP contribution in [-0.4, -0.2) is 6.61 Å².